The van der Waals surface area contributed by atoms with Crippen LogP contribution in [-0.4, -0.2) is 70.0 Å². The fourth-order valence-electron chi connectivity index (χ4n) is 4.41. The molecule has 2 aromatic rings. The molecular weight excluding hydrogens is 532 g/mol. The summed E-state index contributed by atoms with van der Waals surface area (Å²) in [6.07, 6.45) is 0.0406. The number of ether oxygens (including phenoxy) is 5. The Morgan fingerprint density at radius 3 is 2.29 bits per heavy atom. The maximum Gasteiger partial charge on any atom is 0.407 e. The molecule has 11 nitrogen and oxygen atoms in total. The number of aliphatic hydroxyl groups excluding tert-OH is 1. The molecule has 0 aliphatic carbocycles. The van der Waals surface area contributed by atoms with Crippen LogP contribution in [0.3, 0.4) is 0 Å². The van der Waals surface area contributed by atoms with Crippen LogP contribution >= 0.6 is 0 Å². The van der Waals surface area contributed by atoms with E-state index in [1.54, 1.807) is 35.0 Å². The lowest BCUT2D eigenvalue weighted by atomic mass is 9.83. The van der Waals surface area contributed by atoms with Gasteiger partial charge in [-0.25, -0.2) is 4.79 Å². The third-order valence-corrected chi connectivity index (χ3v) is 6.70. The van der Waals surface area contributed by atoms with Crippen LogP contribution in [0.25, 0.3) is 0 Å². The standard InChI is InChI=1S/C30H46N2O9/c1-18(2)20(14-19-10-11-23(38-7)24(15-19)40-13-9-12-37-6)16-21(32-29(36)41-30(3,4)5)22(33)17-31-25-26(34)27(35)28(25)39-8/h10-11,15,18,20-22,31,33H,9,12-14,16-17H2,1-8H3,(H,32,36)/t20-,21+,22-/m0/s1. The predicted octanol–water partition coefficient (Wildman–Crippen LogP) is 3.29. The Balaban J connectivity index is 2.23. The van der Waals surface area contributed by atoms with Crippen molar-refractivity contribution in [2.45, 2.75) is 71.6 Å². The SMILES string of the molecule is COCCCOc1cc(C[C@@H](C[C@@H](NC(=O)OC(C)(C)C)[C@@H](O)CNc2c(OC)c(=O)c2=O)C(C)C)ccc1OC. The van der Waals surface area contributed by atoms with Crippen molar-refractivity contribution in [3.63, 3.8) is 0 Å². The van der Waals surface area contributed by atoms with E-state index in [1.807, 2.05) is 18.2 Å². The van der Waals surface area contributed by atoms with Gasteiger partial charge in [-0.05, 0) is 63.1 Å². The summed E-state index contributed by atoms with van der Waals surface area (Å²) in [5.74, 6) is 1.43. The summed E-state index contributed by atoms with van der Waals surface area (Å²) in [5, 5.41) is 16.8. The van der Waals surface area contributed by atoms with Gasteiger partial charge in [0.2, 0.25) is 0 Å². The molecule has 230 valence electrons. The van der Waals surface area contributed by atoms with Gasteiger partial charge < -0.3 is 39.4 Å². The molecule has 0 heterocycles. The lowest BCUT2D eigenvalue weighted by Crippen LogP contribution is -2.49. The first-order valence-electron chi connectivity index (χ1n) is 13.9. The van der Waals surface area contributed by atoms with Crippen molar-refractivity contribution in [2.75, 3.05) is 46.4 Å². The number of hydrogen-bond donors (Lipinski definition) is 3. The van der Waals surface area contributed by atoms with Crippen LogP contribution in [0.2, 0.25) is 0 Å². The van der Waals surface area contributed by atoms with E-state index in [9.17, 15) is 19.5 Å². The quantitative estimate of drug-likeness (QED) is 0.189. The van der Waals surface area contributed by atoms with Crippen molar-refractivity contribution in [2.24, 2.45) is 11.8 Å². The zero-order chi connectivity index (χ0) is 30.7. The highest BCUT2D eigenvalue weighted by molar-refractivity contribution is 5.68. The van der Waals surface area contributed by atoms with Crippen molar-refractivity contribution in [1.29, 1.82) is 0 Å². The molecule has 3 N–H and O–H groups in total. The van der Waals surface area contributed by atoms with Crippen LogP contribution in [0, 0.1) is 11.8 Å². The second-order valence-corrected chi connectivity index (χ2v) is 11.4. The van der Waals surface area contributed by atoms with E-state index in [1.165, 1.54) is 7.11 Å². The topological polar surface area (TPSA) is 142 Å². The average molecular weight is 579 g/mol. The Morgan fingerprint density at radius 2 is 1.71 bits per heavy atom. The number of carbonyl (C=O) groups is 1. The average Bonchev–Trinajstić information content (AvgIpc) is 2.90. The Labute approximate surface area is 242 Å². The second-order valence-electron chi connectivity index (χ2n) is 11.4. The van der Waals surface area contributed by atoms with Gasteiger partial charge in [0.15, 0.2) is 17.2 Å². The number of hydrogen-bond acceptors (Lipinski definition) is 10. The fraction of sp³-hybridized carbons (Fsp3) is 0.633. The van der Waals surface area contributed by atoms with Gasteiger partial charge in [-0.1, -0.05) is 19.9 Å². The van der Waals surface area contributed by atoms with Gasteiger partial charge in [-0.15, -0.1) is 0 Å². The van der Waals surface area contributed by atoms with Gasteiger partial charge in [0.05, 0.1) is 33.0 Å². The van der Waals surface area contributed by atoms with Crippen LogP contribution in [0.15, 0.2) is 27.8 Å². The molecule has 0 bridgehead atoms. The highest BCUT2D eigenvalue weighted by Gasteiger charge is 2.30. The first kappa shape index (κ1) is 33.9. The zero-order valence-electron chi connectivity index (χ0n) is 25.5. The molecule has 2 aromatic carbocycles. The highest BCUT2D eigenvalue weighted by atomic mass is 16.6. The van der Waals surface area contributed by atoms with Crippen molar-refractivity contribution < 1.29 is 33.6 Å². The number of nitrogens with one attached hydrogen (secondary N) is 2. The third kappa shape index (κ3) is 10.2. The Bertz CT molecular complexity index is 1180. The number of anilines is 1. The molecule has 11 heteroatoms. The maximum absolute atomic E-state index is 12.7. The van der Waals surface area contributed by atoms with E-state index in [4.69, 9.17) is 23.7 Å². The second kappa shape index (κ2) is 15.6. The maximum atomic E-state index is 12.7. The number of aliphatic hydroxyl groups is 1. The monoisotopic (exact) mass is 578 g/mol. The number of benzene rings is 1. The molecule has 1 amide bonds. The third-order valence-electron chi connectivity index (χ3n) is 6.70. The van der Waals surface area contributed by atoms with Crippen LogP contribution in [0.1, 0.15) is 53.0 Å². The van der Waals surface area contributed by atoms with E-state index in [0.717, 1.165) is 12.0 Å². The molecule has 0 fully saturated rings. The molecule has 0 saturated carbocycles. The normalized spacial score (nSPS) is 13.9. The van der Waals surface area contributed by atoms with E-state index in [0.29, 0.717) is 37.6 Å². The summed E-state index contributed by atoms with van der Waals surface area (Å²) in [6, 6.07) is 5.08. The largest absolute Gasteiger partial charge is 0.493 e. The minimum Gasteiger partial charge on any atom is -0.493 e. The van der Waals surface area contributed by atoms with Crippen LogP contribution in [-0.2, 0) is 15.9 Å². The summed E-state index contributed by atoms with van der Waals surface area (Å²) >= 11 is 0. The van der Waals surface area contributed by atoms with Crippen LogP contribution < -0.4 is 35.7 Å². The van der Waals surface area contributed by atoms with Gasteiger partial charge in [-0.3, -0.25) is 9.59 Å². The summed E-state index contributed by atoms with van der Waals surface area (Å²) in [6.45, 7) is 10.4. The van der Waals surface area contributed by atoms with Crippen molar-refractivity contribution in [3.8, 4) is 17.2 Å². The minimum atomic E-state index is -1.10. The van der Waals surface area contributed by atoms with Crippen molar-refractivity contribution >= 4 is 11.8 Å². The first-order chi connectivity index (χ1) is 19.3. The lowest BCUT2D eigenvalue weighted by molar-refractivity contribution is 0.0404. The molecule has 0 saturated heterocycles. The lowest BCUT2D eigenvalue weighted by Gasteiger charge is -2.31. The van der Waals surface area contributed by atoms with Gasteiger partial charge >= 0.3 is 6.09 Å². The van der Waals surface area contributed by atoms with Crippen LogP contribution in [0.5, 0.6) is 17.2 Å². The van der Waals surface area contributed by atoms with Crippen LogP contribution in [0.4, 0.5) is 10.5 Å². The minimum absolute atomic E-state index is 0.0178. The summed E-state index contributed by atoms with van der Waals surface area (Å²) in [5.41, 5.74) is -1.11. The van der Waals surface area contributed by atoms with E-state index in [2.05, 4.69) is 24.5 Å². The molecule has 0 aliphatic heterocycles. The van der Waals surface area contributed by atoms with E-state index < -0.39 is 34.7 Å². The number of amides is 1. The Morgan fingerprint density at radius 1 is 1.00 bits per heavy atom. The number of rotatable bonds is 17. The highest BCUT2D eigenvalue weighted by Crippen LogP contribution is 2.31. The Hall–Kier alpha value is -3.31. The molecule has 0 radical (unpaired) electrons. The van der Waals surface area contributed by atoms with Gasteiger partial charge in [0, 0.05) is 26.7 Å². The van der Waals surface area contributed by atoms with E-state index >= 15 is 0 Å². The molecule has 0 unspecified atom stereocenters. The van der Waals surface area contributed by atoms with Crippen molar-refractivity contribution in [3.05, 3.63) is 44.2 Å². The molecular formula is C30H46N2O9. The van der Waals surface area contributed by atoms with Gasteiger partial charge in [0.25, 0.3) is 10.9 Å². The summed E-state index contributed by atoms with van der Waals surface area (Å²) in [7, 11) is 4.54. The number of methoxy groups -OCH3 is 3. The van der Waals surface area contributed by atoms with Gasteiger partial charge in [-0.2, -0.15) is 0 Å². The molecule has 2 rings (SSSR count). The van der Waals surface area contributed by atoms with Gasteiger partial charge in [0.1, 0.15) is 11.3 Å². The smallest absolute Gasteiger partial charge is 0.407 e. The number of carbonyl (C=O) groups excluding carboxylic acids is 1. The molecule has 41 heavy (non-hydrogen) atoms. The molecule has 0 aliphatic rings. The van der Waals surface area contributed by atoms with E-state index in [-0.39, 0.29) is 29.8 Å². The molecule has 0 spiro atoms. The zero-order valence-corrected chi connectivity index (χ0v) is 25.5. The summed E-state index contributed by atoms with van der Waals surface area (Å²) < 4.78 is 26.9. The first-order valence-corrected chi connectivity index (χ1v) is 13.9. The predicted molar refractivity (Wildman–Crippen MR) is 157 cm³/mol. The number of alkyl carbamates (subject to hydrolysis) is 1. The molecule has 3 atom stereocenters. The Kier molecular flexibility index (Phi) is 12.9. The summed E-state index contributed by atoms with van der Waals surface area (Å²) in [4.78, 5) is 36.3. The fourth-order valence-corrected chi connectivity index (χ4v) is 4.41. The van der Waals surface area contributed by atoms with Crippen molar-refractivity contribution in [1.82, 2.24) is 5.32 Å². The molecule has 0 aromatic heterocycles.